The molecule has 0 fully saturated rings. The van der Waals surface area contributed by atoms with Gasteiger partial charge in [0.1, 0.15) is 11.9 Å². The molecule has 0 bridgehead atoms. The van der Waals surface area contributed by atoms with Crippen molar-refractivity contribution in [3.8, 4) is 17.3 Å². The second-order valence-electron chi connectivity index (χ2n) is 5.14. The fourth-order valence-electron chi connectivity index (χ4n) is 2.32. The van der Waals surface area contributed by atoms with Crippen molar-refractivity contribution in [2.75, 3.05) is 5.32 Å². The maximum absolute atomic E-state index is 14.4. The van der Waals surface area contributed by atoms with E-state index < -0.39 is 11.7 Å². The first-order valence-electron chi connectivity index (χ1n) is 7.31. The highest BCUT2D eigenvalue weighted by Gasteiger charge is 2.15. The van der Waals surface area contributed by atoms with E-state index in [1.807, 2.05) is 6.07 Å². The van der Waals surface area contributed by atoms with Crippen molar-refractivity contribution < 1.29 is 9.18 Å². The van der Waals surface area contributed by atoms with Gasteiger partial charge < -0.3 is 5.32 Å². The molecule has 0 unspecified atom stereocenters. The van der Waals surface area contributed by atoms with Crippen molar-refractivity contribution >= 4 is 23.2 Å². The molecule has 0 aliphatic carbocycles. The molecule has 3 aromatic rings. The van der Waals surface area contributed by atoms with Crippen LogP contribution in [-0.4, -0.2) is 10.9 Å². The summed E-state index contributed by atoms with van der Waals surface area (Å²) in [6.07, 6.45) is 1.55. The molecule has 25 heavy (non-hydrogen) atoms. The van der Waals surface area contributed by atoms with Crippen LogP contribution in [0.15, 0.2) is 60.8 Å². The molecule has 122 valence electrons. The fourth-order valence-corrected chi connectivity index (χ4v) is 2.55. The molecule has 0 saturated carbocycles. The predicted molar refractivity (Wildman–Crippen MR) is 93.8 cm³/mol. The summed E-state index contributed by atoms with van der Waals surface area (Å²) in [7, 11) is 0. The number of nitrogens with zero attached hydrogens (tertiary/aromatic N) is 2. The van der Waals surface area contributed by atoms with Crippen LogP contribution in [0.4, 0.5) is 10.1 Å². The minimum atomic E-state index is -0.703. The van der Waals surface area contributed by atoms with Crippen molar-refractivity contribution in [3.63, 3.8) is 0 Å². The predicted octanol–water partition coefficient (Wildman–Crippen LogP) is 4.67. The number of hydrogen-bond donors (Lipinski definition) is 1. The minimum Gasteiger partial charge on any atom is -0.321 e. The fraction of sp³-hybridized carbons (Fsp3) is 0. The van der Waals surface area contributed by atoms with E-state index in [9.17, 15) is 9.18 Å². The van der Waals surface area contributed by atoms with Gasteiger partial charge in [-0.3, -0.25) is 9.78 Å². The lowest BCUT2D eigenvalue weighted by molar-refractivity contribution is 0.102. The molecule has 0 atom stereocenters. The summed E-state index contributed by atoms with van der Waals surface area (Å²) >= 11 is 6.06. The van der Waals surface area contributed by atoms with Crippen molar-refractivity contribution in [2.24, 2.45) is 0 Å². The van der Waals surface area contributed by atoms with Crippen LogP contribution >= 0.6 is 11.6 Å². The van der Waals surface area contributed by atoms with Crippen molar-refractivity contribution in [1.29, 1.82) is 5.26 Å². The van der Waals surface area contributed by atoms with Crippen LogP contribution in [0.25, 0.3) is 11.3 Å². The average molecular weight is 352 g/mol. The summed E-state index contributed by atoms with van der Waals surface area (Å²) in [6, 6.07) is 16.0. The molecule has 1 amide bonds. The average Bonchev–Trinajstić information content (AvgIpc) is 2.62. The highest BCUT2D eigenvalue weighted by Crippen LogP contribution is 2.27. The molecule has 1 aromatic heterocycles. The lowest BCUT2D eigenvalue weighted by Crippen LogP contribution is -2.14. The van der Waals surface area contributed by atoms with E-state index >= 15 is 0 Å². The van der Waals surface area contributed by atoms with Crippen LogP contribution < -0.4 is 5.32 Å². The Morgan fingerprint density at radius 1 is 1.16 bits per heavy atom. The van der Waals surface area contributed by atoms with Gasteiger partial charge in [0.05, 0.1) is 27.5 Å². The highest BCUT2D eigenvalue weighted by atomic mass is 35.5. The lowest BCUT2D eigenvalue weighted by Gasteiger charge is -2.09. The molecular formula is C19H11ClFN3O. The van der Waals surface area contributed by atoms with Gasteiger partial charge in [-0.25, -0.2) is 4.39 Å². The van der Waals surface area contributed by atoms with Gasteiger partial charge in [0.2, 0.25) is 0 Å². The summed E-state index contributed by atoms with van der Waals surface area (Å²) in [4.78, 5) is 16.4. The molecule has 0 radical (unpaired) electrons. The highest BCUT2D eigenvalue weighted by molar-refractivity contribution is 6.33. The van der Waals surface area contributed by atoms with E-state index in [1.165, 1.54) is 12.1 Å². The van der Waals surface area contributed by atoms with Crippen LogP contribution in [0, 0.1) is 17.1 Å². The van der Waals surface area contributed by atoms with Crippen molar-refractivity contribution in [3.05, 3.63) is 82.8 Å². The van der Waals surface area contributed by atoms with Gasteiger partial charge >= 0.3 is 0 Å². The Balaban J connectivity index is 1.90. The van der Waals surface area contributed by atoms with E-state index in [1.54, 1.807) is 48.7 Å². The number of pyridine rings is 1. The molecule has 0 aliphatic rings. The Morgan fingerprint density at radius 3 is 2.68 bits per heavy atom. The number of nitrogens with one attached hydrogen (secondary N) is 1. The van der Waals surface area contributed by atoms with Gasteiger partial charge in [-0.1, -0.05) is 29.8 Å². The standard InChI is InChI=1S/C19H11ClFN3O/c20-15-5-3-9-23-18(15)12-7-8-14(16(21)10-12)19(25)24-17-6-2-1-4-13(17)11-22/h1-10H,(H,24,25). The Hall–Kier alpha value is -3.23. The summed E-state index contributed by atoms with van der Waals surface area (Å²) in [5.41, 5.74) is 1.39. The zero-order valence-corrected chi connectivity index (χ0v) is 13.6. The maximum atomic E-state index is 14.4. The molecule has 2 aromatic carbocycles. The summed E-state index contributed by atoms with van der Waals surface area (Å²) in [5.74, 6) is -1.34. The largest absolute Gasteiger partial charge is 0.321 e. The Morgan fingerprint density at radius 2 is 1.96 bits per heavy atom. The van der Waals surface area contributed by atoms with E-state index in [4.69, 9.17) is 16.9 Å². The van der Waals surface area contributed by atoms with Gasteiger partial charge in [0.25, 0.3) is 5.91 Å². The molecule has 0 spiro atoms. The van der Waals surface area contributed by atoms with Crippen molar-refractivity contribution in [2.45, 2.75) is 0 Å². The van der Waals surface area contributed by atoms with Gasteiger partial charge in [-0.2, -0.15) is 5.26 Å². The Labute approximate surface area is 148 Å². The molecule has 1 N–H and O–H groups in total. The molecule has 1 heterocycles. The van der Waals surface area contributed by atoms with Crippen LogP contribution in [0.2, 0.25) is 5.02 Å². The topological polar surface area (TPSA) is 65.8 Å². The molecule has 6 heteroatoms. The molecular weight excluding hydrogens is 341 g/mol. The minimum absolute atomic E-state index is 0.136. The SMILES string of the molecule is N#Cc1ccccc1NC(=O)c1ccc(-c2ncccc2Cl)cc1F. The van der Waals surface area contributed by atoms with Crippen molar-refractivity contribution in [1.82, 2.24) is 4.98 Å². The van der Waals surface area contributed by atoms with E-state index in [-0.39, 0.29) is 5.56 Å². The molecule has 3 rings (SSSR count). The Bertz CT molecular complexity index is 998. The maximum Gasteiger partial charge on any atom is 0.258 e. The smallest absolute Gasteiger partial charge is 0.258 e. The van der Waals surface area contributed by atoms with Crippen LogP contribution in [0.3, 0.4) is 0 Å². The number of rotatable bonds is 3. The summed E-state index contributed by atoms with van der Waals surface area (Å²) < 4.78 is 14.4. The monoisotopic (exact) mass is 351 g/mol. The van der Waals surface area contributed by atoms with E-state index in [2.05, 4.69) is 10.3 Å². The second kappa shape index (κ2) is 7.12. The number of para-hydroxylation sites is 1. The number of nitriles is 1. The number of benzene rings is 2. The van der Waals surface area contributed by atoms with Gasteiger partial charge in [0, 0.05) is 11.8 Å². The van der Waals surface area contributed by atoms with E-state index in [0.717, 1.165) is 0 Å². The summed E-state index contributed by atoms with van der Waals surface area (Å²) in [6.45, 7) is 0. The third-order valence-electron chi connectivity index (χ3n) is 3.54. The summed E-state index contributed by atoms with van der Waals surface area (Å²) in [5, 5.41) is 12.0. The van der Waals surface area contributed by atoms with Gasteiger partial charge in [-0.05, 0) is 36.4 Å². The Kier molecular flexibility index (Phi) is 4.73. The molecule has 4 nitrogen and oxygen atoms in total. The van der Waals surface area contributed by atoms with Crippen LogP contribution in [0.1, 0.15) is 15.9 Å². The normalized spacial score (nSPS) is 10.1. The molecule has 0 aliphatic heterocycles. The molecule has 0 saturated heterocycles. The zero-order valence-electron chi connectivity index (χ0n) is 12.8. The van der Waals surface area contributed by atoms with E-state index in [0.29, 0.717) is 27.5 Å². The second-order valence-corrected chi connectivity index (χ2v) is 5.55. The first-order valence-corrected chi connectivity index (χ1v) is 7.69. The first-order chi connectivity index (χ1) is 12.1. The lowest BCUT2D eigenvalue weighted by atomic mass is 10.1. The van der Waals surface area contributed by atoms with Crippen LogP contribution in [0.5, 0.6) is 0 Å². The number of halogens is 2. The third kappa shape index (κ3) is 3.49. The van der Waals surface area contributed by atoms with Crippen LogP contribution in [-0.2, 0) is 0 Å². The number of aromatic nitrogens is 1. The van der Waals surface area contributed by atoms with Gasteiger partial charge in [-0.15, -0.1) is 0 Å². The number of amides is 1. The van der Waals surface area contributed by atoms with Gasteiger partial charge in [0.15, 0.2) is 0 Å². The number of carbonyl (C=O) groups excluding carboxylic acids is 1. The number of hydrogen-bond acceptors (Lipinski definition) is 3. The number of anilines is 1. The zero-order chi connectivity index (χ0) is 17.8. The first kappa shape index (κ1) is 16.6. The number of carbonyl (C=O) groups is 1. The quantitative estimate of drug-likeness (QED) is 0.746. The third-order valence-corrected chi connectivity index (χ3v) is 3.85.